The van der Waals surface area contributed by atoms with E-state index in [2.05, 4.69) is 25.8 Å². The van der Waals surface area contributed by atoms with E-state index in [-0.39, 0.29) is 0 Å². The summed E-state index contributed by atoms with van der Waals surface area (Å²) in [6.45, 7) is 13.0. The van der Waals surface area contributed by atoms with Gasteiger partial charge in [0.15, 0.2) is 5.96 Å². The lowest BCUT2D eigenvalue weighted by atomic mass is 10.2. The molecule has 0 saturated carbocycles. The first-order valence-corrected chi connectivity index (χ1v) is 11.2. The smallest absolute Gasteiger partial charge is 0.407 e. The monoisotopic (exact) mass is 437 g/mol. The van der Waals surface area contributed by atoms with E-state index in [1.807, 2.05) is 32.9 Å². The van der Waals surface area contributed by atoms with E-state index >= 15 is 0 Å². The molecule has 0 radical (unpaired) electrons. The van der Waals surface area contributed by atoms with Crippen LogP contribution in [0.5, 0.6) is 0 Å². The van der Waals surface area contributed by atoms with Crippen molar-refractivity contribution in [3.63, 3.8) is 0 Å². The Morgan fingerprint density at radius 1 is 1.13 bits per heavy atom. The Kier molecular flexibility index (Phi) is 11.2. The lowest BCUT2D eigenvalue weighted by molar-refractivity contribution is 0.0376. The number of guanidine groups is 1. The molecule has 0 aliphatic carbocycles. The number of aliphatic imine (C=N–C) groups is 1. The zero-order valence-corrected chi connectivity index (χ0v) is 19.2. The van der Waals surface area contributed by atoms with Gasteiger partial charge in [0, 0.05) is 45.7 Å². The Morgan fingerprint density at radius 2 is 1.87 bits per heavy atom. The molecular weight excluding hydrogens is 398 g/mol. The molecule has 1 fully saturated rings. The van der Waals surface area contributed by atoms with Crippen LogP contribution in [0.2, 0.25) is 0 Å². The lowest BCUT2D eigenvalue weighted by Crippen LogP contribution is -2.41. The van der Waals surface area contributed by atoms with Gasteiger partial charge in [0.2, 0.25) is 0 Å². The van der Waals surface area contributed by atoms with Crippen LogP contribution in [0.4, 0.5) is 4.79 Å². The number of amides is 1. The van der Waals surface area contributed by atoms with Crippen LogP contribution in [0.1, 0.15) is 39.4 Å². The zero-order valence-electron chi connectivity index (χ0n) is 19.2. The van der Waals surface area contributed by atoms with Gasteiger partial charge in [0.1, 0.15) is 11.4 Å². The lowest BCUT2D eigenvalue weighted by Gasteiger charge is -2.26. The number of morpholine rings is 1. The van der Waals surface area contributed by atoms with Gasteiger partial charge in [-0.15, -0.1) is 0 Å². The van der Waals surface area contributed by atoms with Crippen molar-refractivity contribution in [3.05, 3.63) is 24.2 Å². The second-order valence-electron chi connectivity index (χ2n) is 8.50. The summed E-state index contributed by atoms with van der Waals surface area (Å²) >= 11 is 0. The van der Waals surface area contributed by atoms with Gasteiger partial charge >= 0.3 is 6.09 Å². The van der Waals surface area contributed by atoms with Crippen LogP contribution in [0.25, 0.3) is 0 Å². The molecule has 1 aromatic heterocycles. The first kappa shape index (κ1) is 25.0. The molecule has 9 nitrogen and oxygen atoms in total. The summed E-state index contributed by atoms with van der Waals surface area (Å²) in [6.07, 6.45) is 3.86. The maximum absolute atomic E-state index is 11.7. The number of carbonyl (C=O) groups excluding carboxylic acids is 1. The molecular formula is C22H39N5O4. The molecule has 1 aromatic rings. The van der Waals surface area contributed by atoms with Crippen LogP contribution in [0.3, 0.4) is 0 Å². The molecule has 1 aliphatic rings. The minimum Gasteiger partial charge on any atom is -0.469 e. The Labute approximate surface area is 185 Å². The van der Waals surface area contributed by atoms with Crippen molar-refractivity contribution in [2.24, 2.45) is 4.99 Å². The predicted octanol–water partition coefficient (Wildman–Crippen LogP) is 1.99. The fourth-order valence-electron chi connectivity index (χ4n) is 3.04. The van der Waals surface area contributed by atoms with Crippen LogP contribution in [-0.2, 0) is 15.9 Å². The number of alkyl carbamates (subject to hydrolysis) is 1. The summed E-state index contributed by atoms with van der Waals surface area (Å²) in [5.74, 6) is 1.73. The summed E-state index contributed by atoms with van der Waals surface area (Å²) < 4.78 is 16.0. The number of hydrogen-bond donors (Lipinski definition) is 3. The van der Waals surface area contributed by atoms with Crippen LogP contribution in [-0.4, -0.2) is 81.6 Å². The van der Waals surface area contributed by atoms with Crippen LogP contribution < -0.4 is 16.0 Å². The highest BCUT2D eigenvalue weighted by molar-refractivity contribution is 5.79. The quantitative estimate of drug-likeness (QED) is 0.277. The van der Waals surface area contributed by atoms with Crippen molar-refractivity contribution < 1.29 is 18.7 Å². The highest BCUT2D eigenvalue weighted by Crippen LogP contribution is 2.06. The van der Waals surface area contributed by atoms with Crippen molar-refractivity contribution in [3.8, 4) is 0 Å². The molecule has 176 valence electrons. The third-order valence-corrected chi connectivity index (χ3v) is 4.56. The molecule has 0 atom stereocenters. The summed E-state index contributed by atoms with van der Waals surface area (Å²) in [4.78, 5) is 18.8. The van der Waals surface area contributed by atoms with Gasteiger partial charge in [-0.1, -0.05) is 0 Å². The standard InChI is InChI=1S/C22H39N5O4/c1-22(2,3)31-21(28)26-10-5-9-23-20(25-12-8-19-7-4-16-30-19)24-11-6-13-27-14-17-29-18-15-27/h4,7,16H,5-6,8-15,17-18H2,1-3H3,(H,26,28)(H2,23,24,25). The van der Waals surface area contributed by atoms with E-state index in [0.29, 0.717) is 13.1 Å². The van der Waals surface area contributed by atoms with Gasteiger partial charge in [-0.05, 0) is 52.3 Å². The third-order valence-electron chi connectivity index (χ3n) is 4.56. The number of carbonyl (C=O) groups is 1. The van der Waals surface area contributed by atoms with Crippen LogP contribution in [0.15, 0.2) is 27.8 Å². The SMILES string of the molecule is CC(C)(C)OC(=O)NCCCN=C(NCCCN1CCOCC1)NCCc1ccco1. The molecule has 0 aromatic carbocycles. The largest absolute Gasteiger partial charge is 0.469 e. The van der Waals surface area contributed by atoms with Gasteiger partial charge in [-0.3, -0.25) is 9.89 Å². The fraction of sp³-hybridized carbons (Fsp3) is 0.727. The minimum atomic E-state index is -0.488. The van der Waals surface area contributed by atoms with Crippen molar-refractivity contribution in [1.82, 2.24) is 20.9 Å². The van der Waals surface area contributed by atoms with E-state index in [1.165, 1.54) is 0 Å². The fourth-order valence-corrected chi connectivity index (χ4v) is 3.04. The van der Waals surface area contributed by atoms with E-state index < -0.39 is 11.7 Å². The van der Waals surface area contributed by atoms with E-state index in [0.717, 1.165) is 76.9 Å². The molecule has 1 aliphatic heterocycles. The van der Waals surface area contributed by atoms with Gasteiger partial charge in [0.05, 0.1) is 19.5 Å². The van der Waals surface area contributed by atoms with Gasteiger partial charge in [-0.25, -0.2) is 4.79 Å². The second kappa shape index (κ2) is 13.9. The average molecular weight is 438 g/mol. The molecule has 0 spiro atoms. The number of nitrogens with zero attached hydrogens (tertiary/aromatic N) is 2. The van der Waals surface area contributed by atoms with Crippen LogP contribution in [0, 0.1) is 0 Å². The van der Waals surface area contributed by atoms with Crippen molar-refractivity contribution in [2.75, 3.05) is 59.0 Å². The predicted molar refractivity (Wildman–Crippen MR) is 121 cm³/mol. The molecule has 2 rings (SSSR count). The van der Waals surface area contributed by atoms with Crippen molar-refractivity contribution in [2.45, 2.75) is 45.6 Å². The summed E-state index contributed by atoms with van der Waals surface area (Å²) in [5, 5.41) is 9.53. The average Bonchev–Trinajstić information content (AvgIpc) is 3.23. The van der Waals surface area contributed by atoms with E-state index in [4.69, 9.17) is 13.9 Å². The van der Waals surface area contributed by atoms with Crippen molar-refractivity contribution >= 4 is 12.1 Å². The minimum absolute atomic E-state index is 0.394. The van der Waals surface area contributed by atoms with Crippen molar-refractivity contribution in [1.29, 1.82) is 0 Å². The molecule has 9 heteroatoms. The molecule has 1 saturated heterocycles. The van der Waals surface area contributed by atoms with Crippen LogP contribution >= 0.6 is 0 Å². The number of nitrogens with one attached hydrogen (secondary N) is 3. The number of ether oxygens (including phenoxy) is 2. The molecule has 0 unspecified atom stereocenters. The summed E-state index contributed by atoms with van der Waals surface area (Å²) in [5.41, 5.74) is -0.488. The molecule has 2 heterocycles. The number of rotatable bonds is 11. The second-order valence-corrected chi connectivity index (χ2v) is 8.50. The Balaban J connectivity index is 1.68. The van der Waals surface area contributed by atoms with Gasteiger partial charge in [0.25, 0.3) is 0 Å². The first-order chi connectivity index (χ1) is 14.9. The normalized spacial score (nSPS) is 15.5. The third kappa shape index (κ3) is 12.2. The molecule has 3 N–H and O–H groups in total. The highest BCUT2D eigenvalue weighted by Gasteiger charge is 2.15. The topological polar surface area (TPSA) is 100 Å². The highest BCUT2D eigenvalue weighted by atomic mass is 16.6. The molecule has 31 heavy (non-hydrogen) atoms. The first-order valence-electron chi connectivity index (χ1n) is 11.2. The number of furan rings is 1. The zero-order chi connectivity index (χ0) is 22.4. The summed E-state index contributed by atoms with van der Waals surface area (Å²) in [6, 6.07) is 3.86. The Hall–Kier alpha value is -2.26. The number of hydrogen-bond acceptors (Lipinski definition) is 6. The maximum Gasteiger partial charge on any atom is 0.407 e. The van der Waals surface area contributed by atoms with E-state index in [9.17, 15) is 4.79 Å². The molecule has 1 amide bonds. The van der Waals surface area contributed by atoms with Gasteiger partial charge < -0.3 is 29.8 Å². The molecule has 0 bridgehead atoms. The maximum atomic E-state index is 11.7. The summed E-state index contributed by atoms with van der Waals surface area (Å²) in [7, 11) is 0. The van der Waals surface area contributed by atoms with Gasteiger partial charge in [-0.2, -0.15) is 0 Å². The Morgan fingerprint density at radius 3 is 2.58 bits per heavy atom. The van der Waals surface area contributed by atoms with E-state index in [1.54, 1.807) is 6.26 Å². The Bertz CT molecular complexity index is 637.